The lowest BCUT2D eigenvalue weighted by Crippen LogP contribution is -2.49. The SMILES string of the molecule is Cc1nn(Cc2csc(C(C)C)n2)c2cccc(NC(=O)c3cnc4cc(OCCN5CCN(C(C)C)CC5)ccn34)c12. The number of piperazine rings is 1. The van der Waals surface area contributed by atoms with Crippen LogP contribution in [-0.4, -0.2) is 85.2 Å². The van der Waals surface area contributed by atoms with Crippen LogP contribution in [0.25, 0.3) is 16.6 Å². The number of nitrogens with one attached hydrogen (secondary N) is 1. The Labute approximate surface area is 256 Å². The van der Waals surface area contributed by atoms with Crippen LogP contribution in [0.1, 0.15) is 60.5 Å². The molecule has 4 aromatic heterocycles. The molecular formula is C32H40N8O2S. The van der Waals surface area contributed by atoms with Gasteiger partial charge >= 0.3 is 0 Å². The molecule has 0 saturated carbocycles. The van der Waals surface area contributed by atoms with Gasteiger partial charge in [0.25, 0.3) is 5.91 Å². The molecule has 1 N–H and O–H groups in total. The molecule has 1 amide bonds. The van der Waals surface area contributed by atoms with E-state index in [1.54, 1.807) is 21.9 Å². The Morgan fingerprint density at radius 1 is 1.12 bits per heavy atom. The highest BCUT2D eigenvalue weighted by atomic mass is 32.1. The van der Waals surface area contributed by atoms with E-state index >= 15 is 0 Å². The average Bonchev–Trinajstić information content (AvgIpc) is 3.71. The third kappa shape index (κ3) is 6.29. The number of fused-ring (bicyclic) bond motifs is 2. The number of pyridine rings is 1. The second-order valence-corrected chi connectivity index (χ2v) is 12.7. The standard InChI is InChI=1S/C32H40N8O2S/c1-21(2)32-34-24(20-43-32)19-40-27-8-6-7-26(30(27)23(5)36-40)35-31(41)28-18-33-29-17-25(9-10-39(28)29)42-16-15-37-11-13-38(14-12-37)22(3)4/h6-10,17-18,20-22H,11-16,19H2,1-5H3,(H,35,41). The van der Waals surface area contributed by atoms with E-state index in [0.717, 1.165) is 71.5 Å². The van der Waals surface area contributed by atoms with E-state index in [1.165, 1.54) is 0 Å². The number of nitrogens with zero attached hydrogens (tertiary/aromatic N) is 7. The van der Waals surface area contributed by atoms with Crippen LogP contribution in [0, 0.1) is 6.92 Å². The number of ether oxygens (including phenoxy) is 1. The van der Waals surface area contributed by atoms with Gasteiger partial charge in [0.05, 0.1) is 40.3 Å². The molecule has 0 unspecified atom stereocenters. The quantitative estimate of drug-likeness (QED) is 0.233. The smallest absolute Gasteiger partial charge is 0.274 e. The van der Waals surface area contributed by atoms with Crippen LogP contribution < -0.4 is 10.1 Å². The summed E-state index contributed by atoms with van der Waals surface area (Å²) in [7, 11) is 0. The molecule has 11 heteroatoms. The fourth-order valence-corrected chi connectivity index (χ4v) is 6.49. The Morgan fingerprint density at radius 3 is 2.67 bits per heavy atom. The minimum absolute atomic E-state index is 0.234. The zero-order chi connectivity index (χ0) is 30.1. The molecular weight excluding hydrogens is 560 g/mol. The second kappa shape index (κ2) is 12.4. The van der Waals surface area contributed by atoms with Crippen LogP contribution in [0.2, 0.25) is 0 Å². The minimum atomic E-state index is -0.234. The van der Waals surface area contributed by atoms with Crippen LogP contribution in [0.4, 0.5) is 5.69 Å². The molecule has 0 spiro atoms. The Hall–Kier alpha value is -3.80. The molecule has 0 atom stereocenters. The topological polar surface area (TPSA) is 92.8 Å². The van der Waals surface area contributed by atoms with Gasteiger partial charge in [-0.25, -0.2) is 9.97 Å². The zero-order valence-corrected chi connectivity index (χ0v) is 26.4. The highest BCUT2D eigenvalue weighted by molar-refractivity contribution is 7.09. The zero-order valence-electron chi connectivity index (χ0n) is 25.6. The van der Waals surface area contributed by atoms with Crippen LogP contribution >= 0.6 is 11.3 Å². The molecule has 0 bridgehead atoms. The number of aryl methyl sites for hydroxylation is 1. The van der Waals surface area contributed by atoms with Gasteiger partial charge in [-0.15, -0.1) is 11.3 Å². The maximum atomic E-state index is 13.5. The molecule has 1 aliphatic heterocycles. The average molecular weight is 601 g/mol. The number of hydrogen-bond donors (Lipinski definition) is 1. The van der Waals surface area contributed by atoms with Crippen molar-refractivity contribution in [3.8, 4) is 5.75 Å². The summed E-state index contributed by atoms with van der Waals surface area (Å²) in [4.78, 5) is 27.7. The number of hydrogen-bond acceptors (Lipinski definition) is 8. The molecule has 1 fully saturated rings. The summed E-state index contributed by atoms with van der Waals surface area (Å²) in [5.74, 6) is 0.915. The van der Waals surface area contributed by atoms with Crippen molar-refractivity contribution >= 4 is 39.5 Å². The predicted octanol–water partition coefficient (Wildman–Crippen LogP) is 5.28. The first-order valence-electron chi connectivity index (χ1n) is 15.0. The first kappa shape index (κ1) is 29.3. The highest BCUT2D eigenvalue weighted by Gasteiger charge is 2.20. The maximum Gasteiger partial charge on any atom is 0.274 e. The number of thiazole rings is 1. The number of carbonyl (C=O) groups excluding carboxylic acids is 1. The van der Waals surface area contributed by atoms with Crippen molar-refractivity contribution in [1.29, 1.82) is 0 Å². The van der Waals surface area contributed by atoms with Crippen molar-refractivity contribution in [3.05, 3.63) is 70.2 Å². The Balaban J connectivity index is 1.12. The molecule has 10 nitrogen and oxygen atoms in total. The number of benzene rings is 1. The van der Waals surface area contributed by atoms with E-state index in [4.69, 9.17) is 14.8 Å². The van der Waals surface area contributed by atoms with Crippen molar-refractivity contribution in [3.63, 3.8) is 0 Å². The fraction of sp³-hybridized carbons (Fsp3) is 0.438. The number of rotatable bonds is 10. The Bertz CT molecular complexity index is 1730. The van der Waals surface area contributed by atoms with E-state index in [2.05, 4.69) is 53.2 Å². The molecule has 226 valence electrons. The van der Waals surface area contributed by atoms with Crippen molar-refractivity contribution in [2.24, 2.45) is 0 Å². The van der Waals surface area contributed by atoms with Crippen LogP contribution in [-0.2, 0) is 6.54 Å². The molecule has 1 saturated heterocycles. The molecule has 0 radical (unpaired) electrons. The number of imidazole rings is 1. The van der Waals surface area contributed by atoms with Crippen LogP contribution in [0.15, 0.2) is 48.1 Å². The van der Waals surface area contributed by atoms with Crippen molar-refractivity contribution < 1.29 is 9.53 Å². The van der Waals surface area contributed by atoms with Gasteiger partial charge in [-0.2, -0.15) is 5.10 Å². The maximum absolute atomic E-state index is 13.5. The van der Waals surface area contributed by atoms with E-state index in [9.17, 15) is 4.79 Å². The minimum Gasteiger partial charge on any atom is -0.492 e. The Kier molecular flexibility index (Phi) is 8.47. The monoisotopic (exact) mass is 600 g/mol. The number of anilines is 1. The lowest BCUT2D eigenvalue weighted by Gasteiger charge is -2.36. The van der Waals surface area contributed by atoms with Gasteiger partial charge in [-0.05, 0) is 39.0 Å². The first-order valence-corrected chi connectivity index (χ1v) is 15.9. The normalized spacial score (nSPS) is 14.9. The summed E-state index contributed by atoms with van der Waals surface area (Å²) < 4.78 is 9.80. The lowest BCUT2D eigenvalue weighted by molar-refractivity contribution is 0.0971. The van der Waals surface area contributed by atoms with Crippen LogP contribution in [0.3, 0.4) is 0 Å². The summed E-state index contributed by atoms with van der Waals surface area (Å²) in [6.07, 6.45) is 3.45. The van der Waals surface area contributed by atoms with Gasteiger partial charge in [0.2, 0.25) is 0 Å². The van der Waals surface area contributed by atoms with Gasteiger partial charge in [-0.3, -0.25) is 23.7 Å². The second-order valence-electron chi connectivity index (χ2n) is 11.8. The lowest BCUT2D eigenvalue weighted by atomic mass is 10.1. The van der Waals surface area contributed by atoms with Crippen molar-refractivity contribution in [2.45, 2.75) is 53.1 Å². The fourth-order valence-electron chi connectivity index (χ4n) is 5.66. The van der Waals surface area contributed by atoms with Crippen molar-refractivity contribution in [1.82, 2.24) is 33.9 Å². The van der Waals surface area contributed by atoms with Gasteiger partial charge in [0, 0.05) is 67.7 Å². The Morgan fingerprint density at radius 2 is 1.93 bits per heavy atom. The molecule has 0 aliphatic carbocycles. The molecule has 6 rings (SSSR count). The summed E-state index contributed by atoms with van der Waals surface area (Å²) in [5.41, 5.74) is 4.64. The first-order chi connectivity index (χ1) is 20.8. The third-order valence-corrected chi connectivity index (χ3v) is 9.30. The summed E-state index contributed by atoms with van der Waals surface area (Å²) in [6, 6.07) is 10.3. The summed E-state index contributed by atoms with van der Waals surface area (Å²) in [5, 5.41) is 12.0. The molecule has 1 aromatic carbocycles. The molecule has 5 heterocycles. The van der Waals surface area contributed by atoms with E-state index in [-0.39, 0.29) is 5.91 Å². The number of amides is 1. The number of aromatic nitrogens is 5. The number of carbonyl (C=O) groups is 1. The van der Waals surface area contributed by atoms with Crippen molar-refractivity contribution in [2.75, 3.05) is 44.6 Å². The van der Waals surface area contributed by atoms with E-state index < -0.39 is 0 Å². The largest absolute Gasteiger partial charge is 0.492 e. The van der Waals surface area contributed by atoms with E-state index in [1.807, 2.05) is 48.1 Å². The van der Waals surface area contributed by atoms with Gasteiger partial charge in [0.1, 0.15) is 23.7 Å². The summed E-state index contributed by atoms with van der Waals surface area (Å²) >= 11 is 1.68. The predicted molar refractivity (Wildman–Crippen MR) is 172 cm³/mol. The summed E-state index contributed by atoms with van der Waals surface area (Å²) in [6.45, 7) is 17.2. The highest BCUT2D eigenvalue weighted by Crippen LogP contribution is 2.29. The molecule has 43 heavy (non-hydrogen) atoms. The van der Waals surface area contributed by atoms with Gasteiger partial charge in [-0.1, -0.05) is 19.9 Å². The van der Waals surface area contributed by atoms with Crippen LogP contribution in [0.5, 0.6) is 5.75 Å². The third-order valence-electron chi connectivity index (χ3n) is 8.11. The van der Waals surface area contributed by atoms with Gasteiger partial charge in [0.15, 0.2) is 0 Å². The van der Waals surface area contributed by atoms with Gasteiger partial charge < -0.3 is 10.1 Å². The molecule has 1 aliphatic rings. The van der Waals surface area contributed by atoms with E-state index in [0.29, 0.717) is 36.5 Å². The molecule has 5 aromatic rings.